The average molecular weight is 354 g/mol. The van der Waals surface area contributed by atoms with Gasteiger partial charge in [-0.2, -0.15) is 0 Å². The number of nitrogens with one attached hydrogen (secondary N) is 1. The highest BCUT2D eigenvalue weighted by atomic mass is 16.2. The lowest BCUT2D eigenvalue weighted by molar-refractivity contribution is -0.141. The Morgan fingerprint density at radius 1 is 1.28 bits per heavy atom. The van der Waals surface area contributed by atoms with Gasteiger partial charge in [0.15, 0.2) is 0 Å². The molecule has 25 heavy (non-hydrogen) atoms. The fourth-order valence-electron chi connectivity index (χ4n) is 3.42. The van der Waals surface area contributed by atoms with Gasteiger partial charge in [-0.15, -0.1) is 0 Å². The molecule has 0 aromatic heterocycles. The van der Waals surface area contributed by atoms with Gasteiger partial charge < -0.3 is 21.7 Å². The molecule has 1 aliphatic heterocycles. The van der Waals surface area contributed by atoms with Crippen molar-refractivity contribution in [1.82, 2.24) is 10.2 Å². The predicted molar refractivity (Wildman–Crippen MR) is 93.2 cm³/mol. The number of hydrogen-bond donors (Lipinski definition) is 3. The molecule has 1 rings (SSSR count). The standard InChI is InChI=1S/C17H30N4O4/c1-4-5-10(2)8-12(15(23)16(19)24)20-17(25)14-11(3)6-7-21(14)13(22)9-18/h10-12,14H,4-9,18H2,1-3H3,(H2,19,24)(H,20,25). The third-order valence-electron chi connectivity index (χ3n) is 4.76. The summed E-state index contributed by atoms with van der Waals surface area (Å²) >= 11 is 0. The Bertz CT molecular complexity index is 523. The molecule has 0 aromatic carbocycles. The molecule has 5 N–H and O–H groups in total. The molecule has 8 heteroatoms. The highest BCUT2D eigenvalue weighted by Crippen LogP contribution is 2.24. The third kappa shape index (κ3) is 5.52. The largest absolute Gasteiger partial charge is 0.363 e. The second kappa shape index (κ2) is 9.50. The summed E-state index contributed by atoms with van der Waals surface area (Å²) in [5.74, 6) is -2.51. The van der Waals surface area contributed by atoms with Crippen molar-refractivity contribution in [2.75, 3.05) is 13.1 Å². The first-order valence-corrected chi connectivity index (χ1v) is 8.86. The number of rotatable bonds is 9. The van der Waals surface area contributed by atoms with Crippen molar-refractivity contribution in [3.8, 4) is 0 Å². The number of likely N-dealkylation sites (tertiary alicyclic amines) is 1. The minimum absolute atomic E-state index is 0.0482. The molecule has 142 valence electrons. The van der Waals surface area contributed by atoms with Gasteiger partial charge in [-0.25, -0.2) is 0 Å². The summed E-state index contributed by atoms with van der Waals surface area (Å²) in [5, 5.41) is 2.64. The number of carbonyl (C=O) groups excluding carboxylic acids is 4. The lowest BCUT2D eigenvalue weighted by Gasteiger charge is -2.28. The van der Waals surface area contributed by atoms with Gasteiger partial charge in [-0.3, -0.25) is 19.2 Å². The molecule has 0 spiro atoms. The molecule has 1 fully saturated rings. The molecular formula is C17H30N4O4. The van der Waals surface area contributed by atoms with Crippen LogP contribution in [0.3, 0.4) is 0 Å². The molecule has 0 aliphatic carbocycles. The monoisotopic (exact) mass is 354 g/mol. The number of Topliss-reactive ketones (excluding diaryl/α,β-unsaturated/α-hetero) is 1. The van der Waals surface area contributed by atoms with Crippen LogP contribution < -0.4 is 16.8 Å². The lowest BCUT2D eigenvalue weighted by Crippen LogP contribution is -2.55. The van der Waals surface area contributed by atoms with E-state index in [-0.39, 0.29) is 24.3 Å². The SMILES string of the molecule is CCCC(C)CC(NC(=O)C1C(C)CCN1C(=O)CN)C(=O)C(N)=O. The third-order valence-corrected chi connectivity index (χ3v) is 4.76. The van der Waals surface area contributed by atoms with Crippen LogP contribution in [0.5, 0.6) is 0 Å². The molecule has 0 bridgehead atoms. The van der Waals surface area contributed by atoms with E-state index in [0.717, 1.165) is 12.8 Å². The molecule has 4 atom stereocenters. The number of ketones is 1. The van der Waals surface area contributed by atoms with E-state index in [4.69, 9.17) is 11.5 Å². The van der Waals surface area contributed by atoms with E-state index < -0.39 is 29.7 Å². The quantitative estimate of drug-likeness (QED) is 0.482. The van der Waals surface area contributed by atoms with Gasteiger partial charge in [-0.1, -0.05) is 33.6 Å². The smallest absolute Gasteiger partial charge is 0.287 e. The Labute approximate surface area is 148 Å². The van der Waals surface area contributed by atoms with Gasteiger partial charge >= 0.3 is 0 Å². The molecule has 1 heterocycles. The number of primary amides is 1. The topological polar surface area (TPSA) is 136 Å². The van der Waals surface area contributed by atoms with Gasteiger partial charge in [0.1, 0.15) is 6.04 Å². The van der Waals surface area contributed by atoms with Crippen molar-refractivity contribution in [3.05, 3.63) is 0 Å². The zero-order valence-corrected chi connectivity index (χ0v) is 15.3. The Morgan fingerprint density at radius 2 is 1.92 bits per heavy atom. The van der Waals surface area contributed by atoms with Gasteiger partial charge in [-0.05, 0) is 24.7 Å². The maximum Gasteiger partial charge on any atom is 0.287 e. The molecule has 1 aliphatic rings. The van der Waals surface area contributed by atoms with Crippen LogP contribution in [0.25, 0.3) is 0 Å². The summed E-state index contributed by atoms with van der Waals surface area (Å²) in [6.07, 6.45) is 2.83. The van der Waals surface area contributed by atoms with E-state index in [0.29, 0.717) is 19.4 Å². The van der Waals surface area contributed by atoms with E-state index >= 15 is 0 Å². The molecule has 0 saturated carbocycles. The van der Waals surface area contributed by atoms with Crippen LogP contribution in [-0.2, 0) is 19.2 Å². The van der Waals surface area contributed by atoms with Crippen LogP contribution in [0.1, 0.15) is 46.5 Å². The van der Waals surface area contributed by atoms with Crippen LogP contribution in [0.2, 0.25) is 0 Å². The van der Waals surface area contributed by atoms with Gasteiger partial charge in [0.2, 0.25) is 17.6 Å². The van der Waals surface area contributed by atoms with Crippen LogP contribution in [0.15, 0.2) is 0 Å². The van der Waals surface area contributed by atoms with Gasteiger partial charge in [0.05, 0.1) is 12.6 Å². The van der Waals surface area contributed by atoms with Crippen molar-refractivity contribution >= 4 is 23.5 Å². The first kappa shape index (κ1) is 21.1. The number of nitrogens with two attached hydrogens (primary N) is 2. The summed E-state index contributed by atoms with van der Waals surface area (Å²) in [6.45, 7) is 6.14. The molecule has 0 aromatic rings. The Morgan fingerprint density at radius 3 is 2.44 bits per heavy atom. The van der Waals surface area contributed by atoms with Crippen molar-refractivity contribution < 1.29 is 19.2 Å². The van der Waals surface area contributed by atoms with Crippen molar-refractivity contribution in [1.29, 1.82) is 0 Å². The maximum absolute atomic E-state index is 12.7. The summed E-state index contributed by atoms with van der Waals surface area (Å²) in [7, 11) is 0. The zero-order chi connectivity index (χ0) is 19.1. The normalized spacial score (nSPS) is 22.3. The Hall–Kier alpha value is -1.96. The summed E-state index contributed by atoms with van der Waals surface area (Å²) in [4.78, 5) is 49.5. The van der Waals surface area contributed by atoms with E-state index in [9.17, 15) is 19.2 Å². The minimum Gasteiger partial charge on any atom is -0.363 e. The van der Waals surface area contributed by atoms with Gasteiger partial charge in [0, 0.05) is 6.54 Å². The Balaban J connectivity index is 2.90. The van der Waals surface area contributed by atoms with Crippen LogP contribution in [0, 0.1) is 11.8 Å². The highest BCUT2D eigenvalue weighted by molar-refractivity contribution is 6.37. The van der Waals surface area contributed by atoms with Crippen LogP contribution >= 0.6 is 0 Å². The summed E-state index contributed by atoms with van der Waals surface area (Å²) in [5.41, 5.74) is 10.5. The Kier molecular flexibility index (Phi) is 8.02. The fourth-order valence-corrected chi connectivity index (χ4v) is 3.42. The second-order valence-corrected chi connectivity index (χ2v) is 6.92. The maximum atomic E-state index is 12.7. The fraction of sp³-hybridized carbons (Fsp3) is 0.765. The minimum atomic E-state index is -1.07. The lowest BCUT2D eigenvalue weighted by atomic mass is 9.94. The van der Waals surface area contributed by atoms with E-state index in [1.54, 1.807) is 0 Å². The first-order valence-electron chi connectivity index (χ1n) is 8.86. The number of nitrogens with zero attached hydrogens (tertiary/aromatic N) is 1. The van der Waals surface area contributed by atoms with Crippen molar-refractivity contribution in [2.45, 2.75) is 58.5 Å². The van der Waals surface area contributed by atoms with E-state index in [1.807, 2.05) is 20.8 Å². The van der Waals surface area contributed by atoms with Crippen molar-refractivity contribution in [3.63, 3.8) is 0 Å². The highest BCUT2D eigenvalue weighted by Gasteiger charge is 2.40. The molecule has 8 nitrogen and oxygen atoms in total. The molecule has 0 radical (unpaired) electrons. The van der Waals surface area contributed by atoms with Crippen LogP contribution in [-0.4, -0.2) is 53.6 Å². The van der Waals surface area contributed by atoms with E-state index in [2.05, 4.69) is 5.32 Å². The van der Waals surface area contributed by atoms with E-state index in [1.165, 1.54) is 4.90 Å². The van der Waals surface area contributed by atoms with Crippen LogP contribution in [0.4, 0.5) is 0 Å². The number of hydrogen-bond acceptors (Lipinski definition) is 5. The molecule has 3 amide bonds. The molecule has 1 saturated heterocycles. The first-order chi connectivity index (χ1) is 11.7. The second-order valence-electron chi connectivity index (χ2n) is 6.92. The number of amides is 3. The summed E-state index contributed by atoms with van der Waals surface area (Å²) < 4.78 is 0. The van der Waals surface area contributed by atoms with Gasteiger partial charge in [0.25, 0.3) is 5.91 Å². The molecule has 4 unspecified atom stereocenters. The summed E-state index contributed by atoms with van der Waals surface area (Å²) in [6, 6.07) is -1.64. The van der Waals surface area contributed by atoms with Crippen molar-refractivity contribution in [2.24, 2.45) is 23.3 Å². The molecular weight excluding hydrogens is 324 g/mol. The predicted octanol–water partition coefficient (Wildman–Crippen LogP) is -0.452. The number of carbonyl (C=O) groups is 4. The zero-order valence-electron chi connectivity index (χ0n) is 15.3. The average Bonchev–Trinajstić information content (AvgIpc) is 2.94.